The number of ether oxygens (including phenoxy) is 1. The second-order valence-corrected chi connectivity index (χ2v) is 5.26. The summed E-state index contributed by atoms with van der Waals surface area (Å²) < 4.78 is 7.20. The molecule has 5 heteroatoms. The van der Waals surface area contributed by atoms with Crippen LogP contribution in [0.5, 0.6) is 0 Å². The van der Waals surface area contributed by atoms with Crippen molar-refractivity contribution in [1.82, 2.24) is 14.7 Å². The molecule has 0 spiro atoms. The number of hydrogen-bond donors (Lipinski definition) is 1. The number of hydrogen-bond acceptors (Lipinski definition) is 4. The Morgan fingerprint density at radius 1 is 1.47 bits per heavy atom. The summed E-state index contributed by atoms with van der Waals surface area (Å²) >= 11 is 0. The molecule has 2 N–H and O–H groups in total. The second kappa shape index (κ2) is 7.03. The highest BCUT2D eigenvalue weighted by molar-refractivity contribution is 5.14. The van der Waals surface area contributed by atoms with Gasteiger partial charge in [0.05, 0.1) is 18.8 Å². The molecular formula is C14H26N4O. The summed E-state index contributed by atoms with van der Waals surface area (Å²) in [6, 6.07) is 0.465. The van der Waals surface area contributed by atoms with E-state index in [0.717, 1.165) is 32.7 Å². The molecule has 1 aliphatic rings. The summed E-state index contributed by atoms with van der Waals surface area (Å²) in [5, 5.41) is 4.39. The minimum Gasteiger partial charge on any atom is -0.383 e. The predicted molar refractivity (Wildman–Crippen MR) is 75.9 cm³/mol. The number of nitrogens with two attached hydrogens (primary N) is 1. The van der Waals surface area contributed by atoms with Gasteiger partial charge in [0.25, 0.3) is 0 Å². The molecule has 0 aliphatic carbocycles. The van der Waals surface area contributed by atoms with Crippen molar-refractivity contribution < 1.29 is 4.74 Å². The van der Waals surface area contributed by atoms with Crippen molar-refractivity contribution in [2.24, 2.45) is 5.73 Å². The van der Waals surface area contributed by atoms with Crippen molar-refractivity contribution in [3.8, 4) is 0 Å². The molecule has 2 rings (SSSR count). The first-order valence-corrected chi connectivity index (χ1v) is 7.27. The average Bonchev–Trinajstić information content (AvgIpc) is 2.81. The van der Waals surface area contributed by atoms with Gasteiger partial charge in [0, 0.05) is 38.0 Å². The smallest absolute Gasteiger partial charge is 0.0589 e. The van der Waals surface area contributed by atoms with Crippen molar-refractivity contribution in [1.29, 1.82) is 0 Å². The van der Waals surface area contributed by atoms with Gasteiger partial charge >= 0.3 is 0 Å². The highest BCUT2D eigenvalue weighted by Gasteiger charge is 2.29. The molecular weight excluding hydrogens is 240 g/mol. The van der Waals surface area contributed by atoms with Gasteiger partial charge in [-0.05, 0) is 26.3 Å². The molecule has 0 amide bonds. The molecule has 19 heavy (non-hydrogen) atoms. The van der Waals surface area contributed by atoms with Crippen LogP contribution in [0, 0.1) is 0 Å². The first-order valence-electron chi connectivity index (χ1n) is 7.27. The zero-order chi connectivity index (χ0) is 13.7. The average molecular weight is 266 g/mol. The van der Waals surface area contributed by atoms with Crippen LogP contribution in [0.2, 0.25) is 0 Å². The van der Waals surface area contributed by atoms with Gasteiger partial charge in [-0.25, -0.2) is 0 Å². The summed E-state index contributed by atoms with van der Waals surface area (Å²) in [7, 11) is 1.75. The fourth-order valence-corrected chi connectivity index (χ4v) is 2.89. The Morgan fingerprint density at radius 2 is 2.32 bits per heavy atom. The molecule has 1 aromatic heterocycles. The molecule has 0 bridgehead atoms. The largest absolute Gasteiger partial charge is 0.383 e. The molecule has 2 unspecified atom stereocenters. The lowest BCUT2D eigenvalue weighted by Crippen LogP contribution is -2.41. The van der Waals surface area contributed by atoms with Gasteiger partial charge in [-0.1, -0.05) is 6.42 Å². The van der Waals surface area contributed by atoms with Crippen molar-refractivity contribution in [2.45, 2.75) is 44.8 Å². The van der Waals surface area contributed by atoms with Crippen LogP contribution in [-0.4, -0.2) is 47.5 Å². The maximum atomic E-state index is 6.40. The Morgan fingerprint density at radius 3 is 3.00 bits per heavy atom. The third-order valence-corrected chi connectivity index (χ3v) is 3.93. The van der Waals surface area contributed by atoms with Crippen molar-refractivity contribution in [3.63, 3.8) is 0 Å². The summed E-state index contributed by atoms with van der Waals surface area (Å²) in [5.74, 6) is 0. The highest BCUT2D eigenvalue weighted by atomic mass is 16.5. The first-order chi connectivity index (χ1) is 9.26. The lowest BCUT2D eigenvalue weighted by atomic mass is 9.99. The molecule has 2 heterocycles. The van der Waals surface area contributed by atoms with Gasteiger partial charge in [0.2, 0.25) is 0 Å². The molecule has 0 radical (unpaired) electrons. The van der Waals surface area contributed by atoms with Gasteiger partial charge in [-0.2, -0.15) is 5.10 Å². The van der Waals surface area contributed by atoms with Gasteiger partial charge in [-0.3, -0.25) is 9.58 Å². The van der Waals surface area contributed by atoms with E-state index in [9.17, 15) is 0 Å². The summed E-state index contributed by atoms with van der Waals surface area (Å²) in [6.07, 6.45) is 7.62. The van der Waals surface area contributed by atoms with Crippen LogP contribution < -0.4 is 5.73 Å². The van der Waals surface area contributed by atoms with Crippen LogP contribution in [0.1, 0.15) is 37.8 Å². The van der Waals surface area contributed by atoms with Gasteiger partial charge < -0.3 is 10.5 Å². The van der Waals surface area contributed by atoms with E-state index in [1.807, 2.05) is 10.9 Å². The molecule has 0 aromatic carbocycles. The van der Waals surface area contributed by atoms with E-state index in [0.29, 0.717) is 0 Å². The minimum atomic E-state index is 0.189. The summed E-state index contributed by atoms with van der Waals surface area (Å²) in [4.78, 5) is 2.46. The molecule has 1 aliphatic heterocycles. The zero-order valence-corrected chi connectivity index (χ0v) is 12.1. The van der Waals surface area contributed by atoms with E-state index in [2.05, 4.69) is 23.1 Å². The number of methoxy groups -OCH3 is 1. The Balaban J connectivity index is 2.17. The lowest BCUT2D eigenvalue weighted by molar-refractivity contribution is 0.115. The standard InChI is InChI=1S/C14H26N4O/c1-3-18-11-12(10-16-18)14-13(15)6-4-5-7-17(14)8-9-19-2/h10-11,13-14H,3-9,15H2,1-2H3. The van der Waals surface area contributed by atoms with E-state index in [4.69, 9.17) is 10.5 Å². The van der Waals surface area contributed by atoms with Gasteiger partial charge in [-0.15, -0.1) is 0 Å². The molecule has 5 nitrogen and oxygen atoms in total. The van der Waals surface area contributed by atoms with Crippen LogP contribution in [0.3, 0.4) is 0 Å². The number of rotatable bonds is 5. The second-order valence-electron chi connectivity index (χ2n) is 5.26. The van der Waals surface area contributed by atoms with E-state index in [-0.39, 0.29) is 12.1 Å². The van der Waals surface area contributed by atoms with E-state index < -0.39 is 0 Å². The van der Waals surface area contributed by atoms with E-state index in [1.54, 1.807) is 7.11 Å². The quantitative estimate of drug-likeness (QED) is 0.875. The monoisotopic (exact) mass is 266 g/mol. The molecule has 0 saturated carbocycles. The molecule has 2 atom stereocenters. The van der Waals surface area contributed by atoms with Gasteiger partial charge in [0.1, 0.15) is 0 Å². The number of aryl methyl sites for hydroxylation is 1. The molecule has 108 valence electrons. The van der Waals surface area contributed by atoms with Gasteiger partial charge in [0.15, 0.2) is 0 Å². The number of likely N-dealkylation sites (tertiary alicyclic amines) is 1. The van der Waals surface area contributed by atoms with Crippen LogP contribution in [-0.2, 0) is 11.3 Å². The predicted octanol–water partition coefficient (Wildman–Crippen LogP) is 1.40. The lowest BCUT2D eigenvalue weighted by Gasteiger charge is -2.32. The topological polar surface area (TPSA) is 56.3 Å². The van der Waals surface area contributed by atoms with Crippen molar-refractivity contribution in [3.05, 3.63) is 18.0 Å². The Hall–Kier alpha value is -0.910. The highest BCUT2D eigenvalue weighted by Crippen LogP contribution is 2.28. The van der Waals surface area contributed by atoms with E-state index in [1.165, 1.54) is 18.4 Å². The zero-order valence-electron chi connectivity index (χ0n) is 12.1. The third-order valence-electron chi connectivity index (χ3n) is 3.93. The fraction of sp³-hybridized carbons (Fsp3) is 0.786. The SMILES string of the molecule is CCn1cc(C2C(N)CCCCN2CCOC)cn1. The summed E-state index contributed by atoms with van der Waals surface area (Å²) in [5.41, 5.74) is 7.65. The molecule has 1 saturated heterocycles. The Kier molecular flexibility index (Phi) is 5.36. The normalized spacial score (nSPS) is 25.4. The molecule has 1 aromatic rings. The molecule has 1 fully saturated rings. The fourth-order valence-electron chi connectivity index (χ4n) is 2.89. The number of nitrogens with zero attached hydrogens (tertiary/aromatic N) is 3. The first kappa shape index (κ1) is 14.5. The van der Waals surface area contributed by atoms with Crippen LogP contribution in [0.4, 0.5) is 0 Å². The Labute approximate surface area is 115 Å². The van der Waals surface area contributed by atoms with E-state index >= 15 is 0 Å². The van der Waals surface area contributed by atoms with Crippen molar-refractivity contribution in [2.75, 3.05) is 26.8 Å². The Bertz CT molecular complexity index is 379. The third kappa shape index (κ3) is 3.55. The maximum Gasteiger partial charge on any atom is 0.0589 e. The van der Waals surface area contributed by atoms with Crippen molar-refractivity contribution >= 4 is 0 Å². The minimum absolute atomic E-state index is 0.189. The van der Waals surface area contributed by atoms with Crippen LogP contribution in [0.25, 0.3) is 0 Å². The van der Waals surface area contributed by atoms with Crippen LogP contribution >= 0.6 is 0 Å². The summed E-state index contributed by atoms with van der Waals surface area (Å²) in [6.45, 7) is 5.79. The van der Waals surface area contributed by atoms with Crippen LogP contribution in [0.15, 0.2) is 12.4 Å². The maximum absolute atomic E-state index is 6.40. The number of aromatic nitrogens is 2.